The molecule has 0 aliphatic carbocycles. The quantitative estimate of drug-likeness (QED) is 0.687. The van der Waals surface area contributed by atoms with Crippen molar-refractivity contribution in [3.8, 4) is 5.75 Å². The minimum absolute atomic E-state index is 0.248. The molecule has 0 amide bonds. The Hall–Kier alpha value is -2.63. The van der Waals surface area contributed by atoms with Crippen molar-refractivity contribution in [3.63, 3.8) is 0 Å². The zero-order chi connectivity index (χ0) is 15.6. The standard InChI is InChI=1S/C15H16N2O4/c1-4-17-8-11(10(3)16-17)5-6-12(18)14-13(19)7-9(2)21-15(14)20/h5-8,19H,4H2,1-3H3/b6-5+. The lowest BCUT2D eigenvalue weighted by Crippen LogP contribution is -2.12. The van der Waals surface area contributed by atoms with Crippen LogP contribution in [0.15, 0.2) is 27.6 Å². The van der Waals surface area contributed by atoms with E-state index < -0.39 is 11.4 Å². The zero-order valence-corrected chi connectivity index (χ0v) is 12.1. The van der Waals surface area contributed by atoms with Crippen LogP contribution < -0.4 is 5.63 Å². The van der Waals surface area contributed by atoms with Gasteiger partial charge in [-0.3, -0.25) is 9.48 Å². The summed E-state index contributed by atoms with van der Waals surface area (Å²) >= 11 is 0. The Morgan fingerprint density at radius 3 is 2.76 bits per heavy atom. The molecule has 0 fully saturated rings. The third-order valence-electron chi connectivity index (χ3n) is 3.02. The number of rotatable bonds is 4. The summed E-state index contributed by atoms with van der Waals surface area (Å²) in [6.07, 6.45) is 4.59. The van der Waals surface area contributed by atoms with Crippen LogP contribution in [0.3, 0.4) is 0 Å². The first-order valence-corrected chi connectivity index (χ1v) is 6.52. The van der Waals surface area contributed by atoms with Gasteiger partial charge in [0.05, 0.1) is 5.69 Å². The van der Waals surface area contributed by atoms with Crippen LogP contribution in [0.2, 0.25) is 0 Å². The molecule has 110 valence electrons. The van der Waals surface area contributed by atoms with Crippen molar-refractivity contribution in [3.05, 3.63) is 51.3 Å². The fourth-order valence-corrected chi connectivity index (χ4v) is 1.93. The van der Waals surface area contributed by atoms with Crippen LogP contribution in [0.1, 0.15) is 34.3 Å². The van der Waals surface area contributed by atoms with Gasteiger partial charge in [-0.1, -0.05) is 0 Å². The average Bonchev–Trinajstić information content (AvgIpc) is 2.76. The van der Waals surface area contributed by atoms with Gasteiger partial charge in [0, 0.05) is 24.4 Å². The first-order chi connectivity index (χ1) is 9.92. The van der Waals surface area contributed by atoms with Crippen LogP contribution in [0, 0.1) is 13.8 Å². The fourth-order valence-electron chi connectivity index (χ4n) is 1.93. The van der Waals surface area contributed by atoms with Gasteiger partial charge in [-0.25, -0.2) is 4.79 Å². The summed E-state index contributed by atoms with van der Waals surface area (Å²) in [7, 11) is 0. The first kappa shape index (κ1) is 14.8. The molecule has 0 radical (unpaired) electrons. The molecule has 0 unspecified atom stereocenters. The maximum Gasteiger partial charge on any atom is 0.351 e. The summed E-state index contributed by atoms with van der Waals surface area (Å²) in [5.74, 6) is -0.734. The Morgan fingerprint density at radius 1 is 1.48 bits per heavy atom. The normalized spacial score (nSPS) is 11.2. The lowest BCUT2D eigenvalue weighted by Gasteiger charge is -1.99. The number of allylic oxidation sites excluding steroid dienone is 1. The van der Waals surface area contributed by atoms with E-state index >= 15 is 0 Å². The Bertz CT molecular complexity index is 768. The Labute approximate surface area is 121 Å². The largest absolute Gasteiger partial charge is 0.507 e. The Balaban J connectivity index is 2.31. The number of carbonyl (C=O) groups is 1. The van der Waals surface area contributed by atoms with Gasteiger partial charge in [-0.15, -0.1) is 0 Å². The third-order valence-corrected chi connectivity index (χ3v) is 3.02. The van der Waals surface area contributed by atoms with Crippen LogP contribution in [-0.4, -0.2) is 20.7 Å². The Morgan fingerprint density at radius 2 is 2.19 bits per heavy atom. The molecule has 0 bridgehead atoms. The number of aromatic hydroxyl groups is 1. The third kappa shape index (κ3) is 3.10. The molecule has 21 heavy (non-hydrogen) atoms. The van der Waals surface area contributed by atoms with Crippen LogP contribution in [0.25, 0.3) is 6.08 Å². The zero-order valence-electron chi connectivity index (χ0n) is 12.1. The lowest BCUT2D eigenvalue weighted by atomic mass is 10.1. The van der Waals surface area contributed by atoms with Gasteiger partial charge < -0.3 is 9.52 Å². The second kappa shape index (κ2) is 5.78. The van der Waals surface area contributed by atoms with Gasteiger partial charge in [0.25, 0.3) is 0 Å². The van der Waals surface area contributed by atoms with Crippen molar-refractivity contribution in [1.82, 2.24) is 9.78 Å². The van der Waals surface area contributed by atoms with E-state index in [0.29, 0.717) is 0 Å². The molecular weight excluding hydrogens is 272 g/mol. The molecular formula is C15H16N2O4. The van der Waals surface area contributed by atoms with Gasteiger partial charge in [0.15, 0.2) is 5.78 Å². The minimum Gasteiger partial charge on any atom is -0.507 e. The molecule has 0 aliphatic rings. The molecule has 0 saturated carbocycles. The summed E-state index contributed by atoms with van der Waals surface area (Å²) < 4.78 is 6.57. The highest BCUT2D eigenvalue weighted by Gasteiger charge is 2.16. The Kier molecular flexibility index (Phi) is 4.07. The molecule has 0 atom stereocenters. The SMILES string of the molecule is CCn1cc(/C=C/C(=O)c2c(O)cc(C)oc2=O)c(C)n1. The summed E-state index contributed by atoms with van der Waals surface area (Å²) in [6.45, 7) is 6.04. The molecule has 6 heteroatoms. The van der Waals surface area contributed by atoms with Gasteiger partial charge in [-0.2, -0.15) is 5.10 Å². The van der Waals surface area contributed by atoms with Gasteiger partial charge >= 0.3 is 5.63 Å². The molecule has 1 N–H and O–H groups in total. The van der Waals surface area contributed by atoms with Gasteiger partial charge in [-0.05, 0) is 32.9 Å². The van der Waals surface area contributed by atoms with Crippen LogP contribution in [0.4, 0.5) is 0 Å². The topological polar surface area (TPSA) is 85.3 Å². The molecule has 0 aromatic carbocycles. The van der Waals surface area contributed by atoms with Crippen molar-refractivity contribution < 1.29 is 14.3 Å². The van der Waals surface area contributed by atoms with E-state index in [0.717, 1.165) is 17.8 Å². The van der Waals surface area contributed by atoms with Crippen LogP contribution in [0.5, 0.6) is 5.75 Å². The maximum atomic E-state index is 12.0. The van der Waals surface area contributed by atoms with E-state index in [1.54, 1.807) is 17.0 Å². The maximum absolute atomic E-state index is 12.0. The molecule has 2 aromatic heterocycles. The molecule has 0 spiro atoms. The van der Waals surface area contributed by atoms with Gasteiger partial charge in [0.1, 0.15) is 17.1 Å². The molecule has 2 heterocycles. The van der Waals surface area contributed by atoms with E-state index in [2.05, 4.69) is 5.10 Å². The van der Waals surface area contributed by atoms with E-state index in [1.165, 1.54) is 19.1 Å². The number of hydrogen-bond acceptors (Lipinski definition) is 5. The fraction of sp³-hybridized carbons (Fsp3) is 0.267. The number of aryl methyl sites for hydroxylation is 3. The second-order valence-electron chi connectivity index (χ2n) is 4.63. The predicted octanol–water partition coefficient (Wildman–Crippen LogP) is 2.07. The highest BCUT2D eigenvalue weighted by Crippen LogP contribution is 2.16. The molecule has 6 nitrogen and oxygen atoms in total. The van der Waals surface area contributed by atoms with Crippen LogP contribution in [-0.2, 0) is 6.54 Å². The van der Waals surface area contributed by atoms with Gasteiger partial charge in [0.2, 0.25) is 0 Å². The molecule has 0 saturated heterocycles. The van der Waals surface area contributed by atoms with E-state index in [1.807, 2.05) is 13.8 Å². The lowest BCUT2D eigenvalue weighted by molar-refractivity contribution is 0.104. The predicted molar refractivity (Wildman–Crippen MR) is 77.4 cm³/mol. The van der Waals surface area contributed by atoms with Crippen molar-refractivity contribution >= 4 is 11.9 Å². The second-order valence-corrected chi connectivity index (χ2v) is 4.63. The molecule has 2 rings (SSSR count). The summed E-state index contributed by atoms with van der Waals surface area (Å²) in [4.78, 5) is 23.7. The van der Waals surface area contributed by atoms with Crippen molar-refractivity contribution in [1.29, 1.82) is 0 Å². The van der Waals surface area contributed by atoms with Crippen molar-refractivity contribution in [2.24, 2.45) is 0 Å². The smallest absolute Gasteiger partial charge is 0.351 e. The monoisotopic (exact) mass is 288 g/mol. The van der Waals surface area contributed by atoms with Crippen molar-refractivity contribution in [2.45, 2.75) is 27.3 Å². The molecule has 2 aromatic rings. The number of nitrogens with zero attached hydrogens (tertiary/aromatic N) is 2. The number of hydrogen-bond donors (Lipinski definition) is 1. The number of ketones is 1. The minimum atomic E-state index is -0.844. The summed E-state index contributed by atoms with van der Waals surface area (Å²) in [6, 6.07) is 1.24. The molecule has 0 aliphatic heterocycles. The summed E-state index contributed by atoms with van der Waals surface area (Å²) in [5.41, 5.74) is 0.350. The van der Waals surface area contributed by atoms with E-state index in [4.69, 9.17) is 4.42 Å². The van der Waals surface area contributed by atoms with Crippen LogP contribution >= 0.6 is 0 Å². The highest BCUT2D eigenvalue weighted by atomic mass is 16.4. The van der Waals surface area contributed by atoms with Crippen molar-refractivity contribution in [2.75, 3.05) is 0 Å². The summed E-state index contributed by atoms with van der Waals surface area (Å²) in [5, 5.41) is 14.0. The number of carbonyl (C=O) groups excluding carboxylic acids is 1. The average molecular weight is 288 g/mol. The van der Waals surface area contributed by atoms with E-state index in [-0.39, 0.29) is 17.1 Å². The first-order valence-electron chi connectivity index (χ1n) is 6.52. The highest BCUT2D eigenvalue weighted by molar-refractivity contribution is 6.08. The number of aromatic nitrogens is 2. The van der Waals surface area contributed by atoms with E-state index in [9.17, 15) is 14.7 Å².